The molecule has 0 aliphatic rings. The highest BCUT2D eigenvalue weighted by molar-refractivity contribution is 8.00. The van der Waals surface area contributed by atoms with E-state index >= 15 is 0 Å². The summed E-state index contributed by atoms with van der Waals surface area (Å²) in [7, 11) is 2.81. The number of thiophene rings is 1. The van der Waals surface area contributed by atoms with E-state index in [1.807, 2.05) is 19.1 Å². The topological polar surface area (TPSA) is 123 Å². The van der Waals surface area contributed by atoms with E-state index in [0.717, 1.165) is 16.2 Å². The molecular weight excluding hydrogens is 587 g/mol. The number of carbonyl (C=O) groups is 4. The number of carbonyl (C=O) groups excluding carboxylic acids is 4. The van der Waals surface area contributed by atoms with Crippen LogP contribution in [0.1, 0.15) is 49.3 Å². The van der Waals surface area contributed by atoms with Crippen LogP contribution in [0.3, 0.4) is 0 Å². The fourth-order valence-corrected chi connectivity index (χ4v) is 6.25. The van der Waals surface area contributed by atoms with Gasteiger partial charge in [0, 0.05) is 21.8 Å². The minimum Gasteiger partial charge on any atom is -0.497 e. The van der Waals surface area contributed by atoms with Gasteiger partial charge in [-0.25, -0.2) is 4.79 Å². The predicted octanol–water partition coefficient (Wildman–Crippen LogP) is 6.87. The molecule has 0 bridgehead atoms. The molecule has 1 aromatic heterocycles. The summed E-state index contributed by atoms with van der Waals surface area (Å²) < 4.78 is 10.1. The van der Waals surface area contributed by atoms with Crippen LogP contribution in [0.4, 0.5) is 16.4 Å². The third-order valence-corrected chi connectivity index (χ3v) is 8.96. The van der Waals surface area contributed by atoms with Gasteiger partial charge in [-0.05, 0) is 73.5 Å². The Morgan fingerprint density at radius 3 is 2.16 bits per heavy atom. The number of esters is 1. The zero-order chi connectivity index (χ0) is 30.9. The molecule has 222 valence electrons. The molecule has 4 rings (SSSR count). The van der Waals surface area contributed by atoms with Crippen molar-refractivity contribution in [1.29, 1.82) is 0 Å². The zero-order valence-corrected chi connectivity index (χ0v) is 25.7. The lowest BCUT2D eigenvalue weighted by Crippen LogP contribution is -2.25. The largest absolute Gasteiger partial charge is 0.497 e. The molecule has 1 atom stereocenters. The van der Waals surface area contributed by atoms with Crippen molar-refractivity contribution in [3.63, 3.8) is 0 Å². The number of nitrogens with one attached hydrogen (secondary N) is 3. The maximum Gasteiger partial charge on any atom is 0.341 e. The highest BCUT2D eigenvalue weighted by atomic mass is 32.2. The minimum atomic E-state index is -0.649. The molecule has 0 saturated carbocycles. The lowest BCUT2D eigenvalue weighted by Gasteiger charge is -2.15. The third kappa shape index (κ3) is 7.82. The number of methoxy groups -OCH3 is 2. The fraction of sp³-hybridized carbons (Fsp3) is 0.188. The first-order chi connectivity index (χ1) is 20.7. The van der Waals surface area contributed by atoms with E-state index < -0.39 is 17.1 Å². The molecule has 11 heteroatoms. The number of ether oxygens (including phenoxy) is 2. The van der Waals surface area contributed by atoms with Crippen molar-refractivity contribution >= 4 is 63.2 Å². The van der Waals surface area contributed by atoms with Gasteiger partial charge in [-0.1, -0.05) is 31.2 Å². The molecule has 0 radical (unpaired) electrons. The van der Waals surface area contributed by atoms with Crippen LogP contribution in [-0.2, 0) is 9.53 Å². The van der Waals surface area contributed by atoms with Gasteiger partial charge in [-0.15, -0.1) is 23.1 Å². The summed E-state index contributed by atoms with van der Waals surface area (Å²) in [5, 5.41) is 8.27. The highest BCUT2D eigenvalue weighted by Crippen LogP contribution is 2.36. The van der Waals surface area contributed by atoms with Crippen LogP contribution in [0, 0.1) is 6.92 Å². The first-order valence-corrected chi connectivity index (χ1v) is 15.0. The van der Waals surface area contributed by atoms with Crippen molar-refractivity contribution in [1.82, 2.24) is 0 Å². The van der Waals surface area contributed by atoms with E-state index in [1.165, 1.54) is 18.9 Å². The number of hydrogen-bond acceptors (Lipinski definition) is 8. The Balaban J connectivity index is 1.48. The zero-order valence-electron chi connectivity index (χ0n) is 24.1. The molecule has 4 aromatic rings. The second-order valence-corrected chi connectivity index (χ2v) is 11.6. The second-order valence-electron chi connectivity index (χ2n) is 9.29. The van der Waals surface area contributed by atoms with Gasteiger partial charge in [0.05, 0.1) is 29.9 Å². The summed E-state index contributed by atoms with van der Waals surface area (Å²) in [4.78, 5) is 52.9. The van der Waals surface area contributed by atoms with Gasteiger partial charge < -0.3 is 25.4 Å². The normalized spacial score (nSPS) is 11.3. The SMILES string of the molecule is CCC(Sc1cccc(NC(=O)c2ccc(OC)cc2)c1)C(=O)Nc1sc(C(=O)Nc2ccccc2)c(C)c1C(=O)OC. The fourth-order valence-electron chi connectivity index (χ4n) is 4.15. The van der Waals surface area contributed by atoms with E-state index in [-0.39, 0.29) is 22.4 Å². The van der Waals surface area contributed by atoms with Crippen LogP contribution in [-0.4, -0.2) is 43.2 Å². The van der Waals surface area contributed by atoms with E-state index in [0.29, 0.717) is 39.5 Å². The summed E-state index contributed by atoms with van der Waals surface area (Å²) in [6.45, 7) is 3.53. The van der Waals surface area contributed by atoms with Crippen LogP contribution in [0.25, 0.3) is 0 Å². The summed E-state index contributed by atoms with van der Waals surface area (Å²) in [5.41, 5.74) is 2.23. The number of para-hydroxylation sites is 1. The highest BCUT2D eigenvalue weighted by Gasteiger charge is 2.28. The molecule has 9 nitrogen and oxygen atoms in total. The molecule has 0 fully saturated rings. The quantitative estimate of drug-likeness (QED) is 0.124. The number of anilines is 3. The summed E-state index contributed by atoms with van der Waals surface area (Å²) in [6, 6.07) is 22.9. The van der Waals surface area contributed by atoms with Gasteiger partial charge in [-0.2, -0.15) is 0 Å². The Labute approximate surface area is 258 Å². The van der Waals surface area contributed by atoms with E-state index in [2.05, 4.69) is 16.0 Å². The predicted molar refractivity (Wildman–Crippen MR) is 171 cm³/mol. The van der Waals surface area contributed by atoms with Gasteiger partial charge in [0.1, 0.15) is 10.8 Å². The Morgan fingerprint density at radius 1 is 0.837 bits per heavy atom. The first-order valence-electron chi connectivity index (χ1n) is 13.3. The van der Waals surface area contributed by atoms with Gasteiger partial charge >= 0.3 is 5.97 Å². The van der Waals surface area contributed by atoms with Gasteiger partial charge in [0.25, 0.3) is 11.8 Å². The van der Waals surface area contributed by atoms with Crippen molar-refractivity contribution in [3.8, 4) is 5.75 Å². The molecule has 0 aliphatic heterocycles. The van der Waals surface area contributed by atoms with Crippen LogP contribution >= 0.6 is 23.1 Å². The van der Waals surface area contributed by atoms with Crippen molar-refractivity contribution < 1.29 is 28.7 Å². The molecule has 3 N–H and O–H groups in total. The smallest absolute Gasteiger partial charge is 0.341 e. The molecule has 0 saturated heterocycles. The van der Waals surface area contributed by atoms with Crippen LogP contribution in [0.15, 0.2) is 83.8 Å². The Bertz CT molecular complexity index is 1620. The van der Waals surface area contributed by atoms with Gasteiger partial charge in [0.2, 0.25) is 5.91 Å². The number of rotatable bonds is 11. The Morgan fingerprint density at radius 2 is 1.51 bits per heavy atom. The van der Waals surface area contributed by atoms with Crippen LogP contribution in [0.5, 0.6) is 5.75 Å². The van der Waals surface area contributed by atoms with Crippen LogP contribution < -0.4 is 20.7 Å². The van der Waals surface area contributed by atoms with E-state index in [1.54, 1.807) is 80.8 Å². The van der Waals surface area contributed by atoms with Crippen molar-refractivity contribution in [2.45, 2.75) is 30.4 Å². The third-order valence-electron chi connectivity index (χ3n) is 6.40. The maximum atomic E-state index is 13.4. The number of amides is 3. The average Bonchev–Trinajstić information content (AvgIpc) is 3.35. The first kappa shape index (κ1) is 31.3. The lowest BCUT2D eigenvalue weighted by molar-refractivity contribution is -0.115. The van der Waals surface area contributed by atoms with E-state index in [9.17, 15) is 19.2 Å². The summed E-state index contributed by atoms with van der Waals surface area (Å²) in [6.07, 6.45) is 0.484. The molecule has 1 unspecified atom stereocenters. The molecular formula is C32H31N3O6S2. The second kappa shape index (κ2) is 14.5. The molecule has 3 amide bonds. The Hall–Kier alpha value is -4.61. The molecule has 0 aliphatic carbocycles. The molecule has 43 heavy (non-hydrogen) atoms. The monoisotopic (exact) mass is 617 g/mol. The summed E-state index contributed by atoms with van der Waals surface area (Å²) >= 11 is 2.35. The maximum absolute atomic E-state index is 13.4. The van der Waals surface area contributed by atoms with Crippen molar-refractivity contribution in [3.05, 3.63) is 100 Å². The standard InChI is InChI=1S/C32H31N3O6S2/c1-5-25(42-24-13-9-12-22(18-24)34-28(36)20-14-16-23(40-3)17-15-20)29(37)35-31-26(32(39)41-4)19(2)27(43-31)30(38)33-21-10-7-6-8-11-21/h6-18,25H,5H2,1-4H3,(H,33,38)(H,34,36)(H,35,37). The van der Waals surface area contributed by atoms with E-state index in [4.69, 9.17) is 9.47 Å². The van der Waals surface area contributed by atoms with Crippen molar-refractivity contribution in [2.75, 3.05) is 30.2 Å². The molecule has 1 heterocycles. The molecule has 0 spiro atoms. The Kier molecular flexibility index (Phi) is 10.6. The van der Waals surface area contributed by atoms with Gasteiger partial charge in [0.15, 0.2) is 0 Å². The molecule has 3 aromatic carbocycles. The van der Waals surface area contributed by atoms with Crippen molar-refractivity contribution in [2.24, 2.45) is 0 Å². The number of thioether (sulfide) groups is 1. The number of benzene rings is 3. The summed E-state index contributed by atoms with van der Waals surface area (Å²) in [5.74, 6) is -0.994. The average molecular weight is 618 g/mol. The minimum absolute atomic E-state index is 0.141. The lowest BCUT2D eigenvalue weighted by atomic mass is 10.1. The number of hydrogen-bond donors (Lipinski definition) is 3. The van der Waals surface area contributed by atoms with Crippen LogP contribution in [0.2, 0.25) is 0 Å². The van der Waals surface area contributed by atoms with Gasteiger partial charge in [-0.3, -0.25) is 14.4 Å².